The van der Waals surface area contributed by atoms with Crippen LogP contribution in [0.2, 0.25) is 0 Å². The molecule has 2 aromatic carbocycles. The molecule has 1 aromatic heterocycles. The van der Waals surface area contributed by atoms with Gasteiger partial charge in [-0.05, 0) is 36.1 Å². The van der Waals surface area contributed by atoms with E-state index in [0.717, 1.165) is 24.0 Å². The molecule has 0 N–H and O–H groups in total. The molecule has 6 heteroatoms. The molecule has 6 nitrogen and oxygen atoms in total. The van der Waals surface area contributed by atoms with E-state index in [2.05, 4.69) is 11.1 Å². The number of hydrogen-bond acceptors (Lipinski definition) is 4. The number of hydrogen-bond donors (Lipinski definition) is 0. The van der Waals surface area contributed by atoms with Crippen LogP contribution < -0.4 is 5.56 Å². The number of fused-ring (bicyclic) bond motifs is 2. The fraction of sp³-hybridized carbons (Fsp3) is 0.158. The second-order valence-corrected chi connectivity index (χ2v) is 6.03. The summed E-state index contributed by atoms with van der Waals surface area (Å²) in [6, 6.07) is 14.2. The van der Waals surface area contributed by atoms with Gasteiger partial charge in [0.05, 0.1) is 15.8 Å². The number of nitro benzene ring substituents is 1. The number of nitrogens with zero attached hydrogens (tertiary/aromatic N) is 3. The fourth-order valence-electron chi connectivity index (χ4n) is 3.20. The lowest BCUT2D eigenvalue weighted by molar-refractivity contribution is -0.384. The minimum atomic E-state index is -0.496. The van der Waals surface area contributed by atoms with Crippen molar-refractivity contribution in [3.8, 4) is 0 Å². The largest absolute Gasteiger partial charge is 0.292 e. The summed E-state index contributed by atoms with van der Waals surface area (Å²) in [5.41, 5.74) is 2.24. The Balaban J connectivity index is 1.92. The molecule has 1 aliphatic rings. The number of nitro groups is 1. The van der Waals surface area contributed by atoms with Gasteiger partial charge in [0.2, 0.25) is 0 Å². The molecular formula is C19H15N3O3. The van der Waals surface area contributed by atoms with Gasteiger partial charge in [0.25, 0.3) is 11.2 Å². The number of benzene rings is 2. The smallest absolute Gasteiger partial charge is 0.270 e. The van der Waals surface area contributed by atoms with Crippen LogP contribution in [0.1, 0.15) is 24.2 Å². The Labute approximate surface area is 143 Å². The third-order valence-electron chi connectivity index (χ3n) is 4.40. The van der Waals surface area contributed by atoms with E-state index in [9.17, 15) is 14.9 Å². The summed E-state index contributed by atoms with van der Waals surface area (Å²) in [6.45, 7) is 0.575. The van der Waals surface area contributed by atoms with E-state index in [-0.39, 0.29) is 11.2 Å². The molecule has 3 aromatic rings. The van der Waals surface area contributed by atoms with Gasteiger partial charge in [0.1, 0.15) is 5.82 Å². The number of allylic oxidation sites excluding steroid dienone is 1. The summed E-state index contributed by atoms with van der Waals surface area (Å²) in [5.74, 6) is 0.654. The second-order valence-electron chi connectivity index (χ2n) is 6.03. The van der Waals surface area contributed by atoms with Crippen LogP contribution in [0.15, 0.2) is 53.3 Å². The zero-order chi connectivity index (χ0) is 17.4. The number of rotatable bonds is 2. The van der Waals surface area contributed by atoms with E-state index in [0.29, 0.717) is 23.3 Å². The Morgan fingerprint density at radius 2 is 1.96 bits per heavy atom. The van der Waals surface area contributed by atoms with Gasteiger partial charge in [0.15, 0.2) is 0 Å². The zero-order valence-corrected chi connectivity index (χ0v) is 13.4. The number of aromatic nitrogens is 2. The topological polar surface area (TPSA) is 78.0 Å². The molecule has 0 saturated carbocycles. The average Bonchev–Trinajstić information content (AvgIpc) is 2.63. The molecule has 0 aliphatic carbocycles. The van der Waals surface area contributed by atoms with Crippen molar-refractivity contribution in [1.29, 1.82) is 0 Å². The molecule has 1 aliphatic heterocycles. The van der Waals surface area contributed by atoms with Gasteiger partial charge in [-0.15, -0.1) is 0 Å². The average molecular weight is 333 g/mol. The van der Waals surface area contributed by atoms with Crippen molar-refractivity contribution in [1.82, 2.24) is 9.55 Å². The van der Waals surface area contributed by atoms with Crippen LogP contribution in [0, 0.1) is 10.1 Å². The van der Waals surface area contributed by atoms with Crippen molar-refractivity contribution in [2.75, 3.05) is 0 Å². The number of non-ortho nitro benzene ring substituents is 1. The predicted octanol–water partition coefficient (Wildman–Crippen LogP) is 3.64. The van der Waals surface area contributed by atoms with E-state index in [4.69, 9.17) is 0 Å². The maximum absolute atomic E-state index is 12.8. The minimum Gasteiger partial charge on any atom is -0.292 e. The van der Waals surface area contributed by atoms with Gasteiger partial charge in [-0.1, -0.05) is 30.3 Å². The fourth-order valence-corrected chi connectivity index (χ4v) is 3.20. The third kappa shape index (κ3) is 2.71. The van der Waals surface area contributed by atoms with Crippen LogP contribution in [0.3, 0.4) is 0 Å². The molecule has 0 saturated heterocycles. The third-order valence-corrected chi connectivity index (χ3v) is 4.40. The first-order chi connectivity index (χ1) is 12.1. The molecule has 0 unspecified atom stereocenters. The maximum atomic E-state index is 12.8. The highest BCUT2D eigenvalue weighted by molar-refractivity contribution is 5.85. The second kappa shape index (κ2) is 5.98. The van der Waals surface area contributed by atoms with Crippen molar-refractivity contribution in [3.05, 3.63) is 80.4 Å². The van der Waals surface area contributed by atoms with E-state index in [1.54, 1.807) is 10.6 Å². The SMILES string of the molecule is O=c1c2cc([N+](=O)[O-])ccc2nc2n1CCC/C2=C\c1ccccc1. The Morgan fingerprint density at radius 3 is 2.72 bits per heavy atom. The van der Waals surface area contributed by atoms with Crippen LogP contribution in [-0.4, -0.2) is 14.5 Å². The molecule has 0 bridgehead atoms. The molecule has 0 amide bonds. The Kier molecular flexibility index (Phi) is 3.65. The predicted molar refractivity (Wildman–Crippen MR) is 96.2 cm³/mol. The molecule has 25 heavy (non-hydrogen) atoms. The highest BCUT2D eigenvalue weighted by Crippen LogP contribution is 2.27. The van der Waals surface area contributed by atoms with E-state index in [1.165, 1.54) is 12.1 Å². The Morgan fingerprint density at radius 1 is 1.16 bits per heavy atom. The van der Waals surface area contributed by atoms with Crippen molar-refractivity contribution < 1.29 is 4.92 Å². The van der Waals surface area contributed by atoms with Gasteiger partial charge >= 0.3 is 0 Å². The van der Waals surface area contributed by atoms with Gasteiger partial charge < -0.3 is 0 Å². The minimum absolute atomic E-state index is 0.0946. The standard InChI is InChI=1S/C19H15N3O3/c23-19-16-12-15(22(24)25)8-9-17(16)20-18-14(7-4-10-21(18)19)11-13-5-2-1-3-6-13/h1-3,5-6,8-9,11-12H,4,7,10H2/b14-11+. The Bertz CT molecular complexity index is 1070. The van der Waals surface area contributed by atoms with Crippen LogP contribution >= 0.6 is 0 Å². The van der Waals surface area contributed by atoms with Crippen LogP contribution in [-0.2, 0) is 6.54 Å². The first-order valence-corrected chi connectivity index (χ1v) is 8.08. The summed E-state index contributed by atoms with van der Waals surface area (Å²) in [6.07, 6.45) is 3.74. The van der Waals surface area contributed by atoms with Crippen LogP contribution in [0.25, 0.3) is 22.6 Å². The molecule has 0 radical (unpaired) electrons. The quantitative estimate of drug-likeness (QED) is 0.530. The van der Waals surface area contributed by atoms with Gasteiger partial charge in [0, 0.05) is 18.7 Å². The van der Waals surface area contributed by atoms with Gasteiger partial charge in [-0.3, -0.25) is 19.5 Å². The highest BCUT2D eigenvalue weighted by Gasteiger charge is 2.20. The highest BCUT2D eigenvalue weighted by atomic mass is 16.6. The monoisotopic (exact) mass is 333 g/mol. The summed E-state index contributed by atoms with van der Waals surface area (Å²) < 4.78 is 1.63. The Hall–Kier alpha value is -3.28. The van der Waals surface area contributed by atoms with Gasteiger partial charge in [-0.25, -0.2) is 4.98 Å². The molecule has 0 atom stereocenters. The van der Waals surface area contributed by atoms with Crippen molar-refractivity contribution in [3.63, 3.8) is 0 Å². The van der Waals surface area contributed by atoms with Crippen LogP contribution in [0.5, 0.6) is 0 Å². The molecule has 4 rings (SSSR count). The molecule has 124 valence electrons. The lowest BCUT2D eigenvalue weighted by Gasteiger charge is -2.20. The summed E-state index contributed by atoms with van der Waals surface area (Å²) in [5, 5.41) is 11.3. The summed E-state index contributed by atoms with van der Waals surface area (Å²) in [7, 11) is 0. The normalized spacial score (nSPS) is 15.3. The lowest BCUT2D eigenvalue weighted by atomic mass is 10.0. The first kappa shape index (κ1) is 15.3. The summed E-state index contributed by atoms with van der Waals surface area (Å²) in [4.78, 5) is 27.9. The van der Waals surface area contributed by atoms with Crippen molar-refractivity contribution >= 4 is 28.2 Å². The molecular weight excluding hydrogens is 318 g/mol. The zero-order valence-electron chi connectivity index (χ0n) is 13.4. The van der Waals surface area contributed by atoms with Crippen LogP contribution in [0.4, 0.5) is 5.69 Å². The maximum Gasteiger partial charge on any atom is 0.270 e. The van der Waals surface area contributed by atoms with Gasteiger partial charge in [-0.2, -0.15) is 0 Å². The van der Waals surface area contributed by atoms with E-state index in [1.807, 2.05) is 30.3 Å². The molecule has 0 spiro atoms. The lowest BCUT2D eigenvalue weighted by Crippen LogP contribution is -2.27. The molecule has 0 fully saturated rings. The first-order valence-electron chi connectivity index (χ1n) is 8.08. The van der Waals surface area contributed by atoms with E-state index < -0.39 is 4.92 Å². The molecule has 2 heterocycles. The van der Waals surface area contributed by atoms with Crippen molar-refractivity contribution in [2.24, 2.45) is 0 Å². The summed E-state index contributed by atoms with van der Waals surface area (Å²) >= 11 is 0. The van der Waals surface area contributed by atoms with E-state index >= 15 is 0 Å². The van der Waals surface area contributed by atoms with Crippen molar-refractivity contribution in [2.45, 2.75) is 19.4 Å².